The van der Waals surface area contributed by atoms with Crippen molar-refractivity contribution in [1.82, 2.24) is 15.6 Å². The fourth-order valence-electron chi connectivity index (χ4n) is 1.92. The number of benzene rings is 1. The molecule has 3 N–H and O–H groups in total. The number of phenolic OH excluding ortho intramolecular Hbond substituents is 1. The maximum Gasteiger partial charge on any atom is 0.191 e. The number of aromatic nitrogens is 1. The van der Waals surface area contributed by atoms with Crippen molar-refractivity contribution in [1.29, 1.82) is 0 Å². The van der Waals surface area contributed by atoms with Crippen LogP contribution in [0.1, 0.15) is 22.4 Å². The van der Waals surface area contributed by atoms with Crippen LogP contribution in [0.3, 0.4) is 0 Å². The lowest BCUT2D eigenvalue weighted by Gasteiger charge is -2.10. The third kappa shape index (κ3) is 5.37. The molecule has 1 aromatic carbocycles. The summed E-state index contributed by atoms with van der Waals surface area (Å²) in [6.45, 7) is 6.30. The molecule has 1 heterocycles. The molecule has 0 aliphatic rings. The van der Waals surface area contributed by atoms with Crippen molar-refractivity contribution in [2.45, 2.75) is 26.8 Å². The number of nitrogens with zero attached hydrogens (tertiary/aromatic N) is 2. The molecule has 2 rings (SSSR count). The van der Waals surface area contributed by atoms with Crippen LogP contribution in [-0.2, 0) is 13.0 Å². The third-order valence-electron chi connectivity index (χ3n) is 3.00. The molecule has 6 heteroatoms. The summed E-state index contributed by atoms with van der Waals surface area (Å²) in [6, 6.07) is 7.10. The number of rotatable bonds is 6. The lowest BCUT2D eigenvalue weighted by molar-refractivity contribution is 0.475. The van der Waals surface area contributed by atoms with Gasteiger partial charge in [-0.1, -0.05) is 12.1 Å². The monoisotopic (exact) mass is 318 g/mol. The molecule has 2 aromatic rings. The van der Waals surface area contributed by atoms with Crippen molar-refractivity contribution in [2.75, 3.05) is 13.1 Å². The van der Waals surface area contributed by atoms with Crippen LogP contribution in [0.15, 0.2) is 35.5 Å². The maximum atomic E-state index is 9.28. The van der Waals surface area contributed by atoms with Gasteiger partial charge in [-0.25, -0.2) is 9.98 Å². The Labute approximate surface area is 135 Å². The van der Waals surface area contributed by atoms with Crippen molar-refractivity contribution in [2.24, 2.45) is 4.99 Å². The van der Waals surface area contributed by atoms with Crippen LogP contribution in [0.2, 0.25) is 0 Å². The predicted octanol–water partition coefficient (Wildman–Crippen LogP) is 2.45. The standard InChI is InChI=1S/C16H22N4OS/c1-3-17-16(18-9-8-15-19-10-12(2)22-15)20-11-13-4-6-14(21)7-5-13/h4-7,10,21H,3,8-9,11H2,1-2H3,(H2,17,18,20). The summed E-state index contributed by atoms with van der Waals surface area (Å²) in [5.41, 5.74) is 1.06. The molecule has 1 aromatic heterocycles. The van der Waals surface area contributed by atoms with E-state index in [1.54, 1.807) is 23.5 Å². The van der Waals surface area contributed by atoms with Gasteiger partial charge in [0, 0.05) is 30.6 Å². The van der Waals surface area contributed by atoms with Gasteiger partial charge in [0.15, 0.2) is 5.96 Å². The minimum absolute atomic E-state index is 0.275. The molecule has 0 aliphatic carbocycles. The Balaban J connectivity index is 1.85. The highest BCUT2D eigenvalue weighted by Gasteiger charge is 2.01. The number of aromatic hydroxyl groups is 1. The Bertz CT molecular complexity index is 607. The molecule has 0 unspecified atom stereocenters. The van der Waals surface area contributed by atoms with Gasteiger partial charge in [0.1, 0.15) is 5.75 Å². The number of aryl methyl sites for hydroxylation is 1. The summed E-state index contributed by atoms with van der Waals surface area (Å²) in [6.07, 6.45) is 2.80. The van der Waals surface area contributed by atoms with Gasteiger partial charge < -0.3 is 15.7 Å². The zero-order chi connectivity index (χ0) is 15.8. The van der Waals surface area contributed by atoms with E-state index in [-0.39, 0.29) is 5.75 Å². The number of thiazole rings is 1. The Morgan fingerprint density at radius 3 is 2.68 bits per heavy atom. The van der Waals surface area contributed by atoms with Gasteiger partial charge >= 0.3 is 0 Å². The maximum absolute atomic E-state index is 9.28. The van der Waals surface area contributed by atoms with Gasteiger partial charge in [-0.2, -0.15) is 0 Å². The third-order valence-corrected chi connectivity index (χ3v) is 3.97. The highest BCUT2D eigenvalue weighted by molar-refractivity contribution is 7.11. The van der Waals surface area contributed by atoms with Crippen molar-refractivity contribution in [3.8, 4) is 5.75 Å². The van der Waals surface area contributed by atoms with Gasteiger partial charge in [0.05, 0.1) is 11.6 Å². The Morgan fingerprint density at radius 1 is 1.27 bits per heavy atom. The van der Waals surface area contributed by atoms with Crippen LogP contribution in [0.5, 0.6) is 5.75 Å². The van der Waals surface area contributed by atoms with E-state index >= 15 is 0 Å². The molecule has 0 amide bonds. The molecule has 0 atom stereocenters. The first-order valence-corrected chi connectivity index (χ1v) is 8.20. The molecule has 0 saturated heterocycles. The van der Waals surface area contributed by atoms with Crippen LogP contribution < -0.4 is 10.6 Å². The fourth-order valence-corrected chi connectivity index (χ4v) is 2.70. The quantitative estimate of drug-likeness (QED) is 0.565. The molecule has 0 radical (unpaired) electrons. The summed E-state index contributed by atoms with van der Waals surface area (Å²) in [5, 5.41) is 17.0. The highest BCUT2D eigenvalue weighted by Crippen LogP contribution is 2.11. The Hall–Kier alpha value is -2.08. The van der Waals surface area contributed by atoms with Crippen LogP contribution in [0.25, 0.3) is 0 Å². The minimum Gasteiger partial charge on any atom is -0.508 e. The molecule has 0 aliphatic heterocycles. The van der Waals surface area contributed by atoms with E-state index in [4.69, 9.17) is 0 Å². The van der Waals surface area contributed by atoms with Gasteiger partial charge in [-0.05, 0) is 31.5 Å². The number of aliphatic imine (C=N–C) groups is 1. The molecular weight excluding hydrogens is 296 g/mol. The van der Waals surface area contributed by atoms with E-state index in [0.717, 1.165) is 36.0 Å². The van der Waals surface area contributed by atoms with E-state index in [1.165, 1.54) is 4.88 Å². The molecule has 5 nitrogen and oxygen atoms in total. The zero-order valence-electron chi connectivity index (χ0n) is 13.0. The van der Waals surface area contributed by atoms with Crippen molar-refractivity contribution < 1.29 is 5.11 Å². The topological polar surface area (TPSA) is 69.5 Å². The molecule has 0 spiro atoms. The van der Waals surface area contributed by atoms with Crippen LogP contribution in [-0.4, -0.2) is 29.1 Å². The molecule has 118 valence electrons. The lowest BCUT2D eigenvalue weighted by atomic mass is 10.2. The highest BCUT2D eigenvalue weighted by atomic mass is 32.1. The first-order chi connectivity index (χ1) is 10.7. The molecule has 0 fully saturated rings. The summed E-state index contributed by atoms with van der Waals surface area (Å²) in [5.74, 6) is 1.07. The molecule has 22 heavy (non-hydrogen) atoms. The SMILES string of the molecule is CCNC(=NCc1ccc(O)cc1)NCCc1ncc(C)s1. The molecular formula is C16H22N4OS. The molecule has 0 saturated carbocycles. The fraction of sp³-hybridized carbons (Fsp3) is 0.375. The van der Waals surface area contributed by atoms with Crippen LogP contribution in [0.4, 0.5) is 0 Å². The average molecular weight is 318 g/mol. The number of phenols is 1. The van der Waals surface area contributed by atoms with E-state index < -0.39 is 0 Å². The number of hydrogen-bond donors (Lipinski definition) is 3. The second kappa shape index (κ2) is 8.38. The van der Waals surface area contributed by atoms with Crippen molar-refractivity contribution >= 4 is 17.3 Å². The van der Waals surface area contributed by atoms with Crippen LogP contribution in [0, 0.1) is 6.92 Å². The van der Waals surface area contributed by atoms with E-state index in [2.05, 4.69) is 27.5 Å². The van der Waals surface area contributed by atoms with Gasteiger partial charge in [0.25, 0.3) is 0 Å². The van der Waals surface area contributed by atoms with E-state index in [1.807, 2.05) is 25.3 Å². The summed E-state index contributed by atoms with van der Waals surface area (Å²) in [4.78, 5) is 10.1. The summed E-state index contributed by atoms with van der Waals surface area (Å²) >= 11 is 1.73. The largest absolute Gasteiger partial charge is 0.508 e. The predicted molar refractivity (Wildman–Crippen MR) is 91.5 cm³/mol. The zero-order valence-corrected chi connectivity index (χ0v) is 13.8. The lowest BCUT2D eigenvalue weighted by Crippen LogP contribution is -2.38. The second-order valence-corrected chi connectivity index (χ2v) is 6.22. The van der Waals surface area contributed by atoms with E-state index in [0.29, 0.717) is 6.54 Å². The van der Waals surface area contributed by atoms with E-state index in [9.17, 15) is 5.11 Å². The van der Waals surface area contributed by atoms with Crippen molar-refractivity contribution in [3.05, 3.63) is 45.9 Å². The van der Waals surface area contributed by atoms with Gasteiger partial charge in [-0.3, -0.25) is 0 Å². The number of guanidine groups is 1. The van der Waals surface area contributed by atoms with Gasteiger partial charge in [0.2, 0.25) is 0 Å². The molecule has 0 bridgehead atoms. The summed E-state index contributed by atoms with van der Waals surface area (Å²) in [7, 11) is 0. The average Bonchev–Trinajstić information content (AvgIpc) is 2.92. The number of hydrogen-bond acceptors (Lipinski definition) is 4. The summed E-state index contributed by atoms with van der Waals surface area (Å²) < 4.78 is 0. The van der Waals surface area contributed by atoms with Gasteiger partial charge in [-0.15, -0.1) is 11.3 Å². The van der Waals surface area contributed by atoms with Crippen LogP contribution >= 0.6 is 11.3 Å². The normalized spacial score (nSPS) is 11.5. The first-order valence-electron chi connectivity index (χ1n) is 7.38. The smallest absolute Gasteiger partial charge is 0.191 e. The minimum atomic E-state index is 0.275. The second-order valence-electron chi connectivity index (χ2n) is 4.90. The number of nitrogens with one attached hydrogen (secondary N) is 2. The first kappa shape index (κ1) is 16.3. The Kier molecular flexibility index (Phi) is 6.21. The van der Waals surface area contributed by atoms with Crippen molar-refractivity contribution in [3.63, 3.8) is 0 Å². The Morgan fingerprint density at radius 2 is 2.05 bits per heavy atom.